The van der Waals surface area contributed by atoms with E-state index >= 15 is 0 Å². The van der Waals surface area contributed by atoms with Gasteiger partial charge in [0.1, 0.15) is 5.75 Å². The van der Waals surface area contributed by atoms with Crippen molar-refractivity contribution in [2.24, 2.45) is 0 Å². The molecule has 5 heteroatoms. The maximum absolute atomic E-state index is 13.0. The normalized spacial score (nSPS) is 24.1. The Balaban J connectivity index is 1.40. The molecule has 5 rings (SSSR count). The third-order valence-electron chi connectivity index (χ3n) is 8.39. The SMILES string of the molecule is C=CCN1CC2CCC(C1)N2C(c1ccc(C(=O)NC2CCCCCC2)cc1)c1cccc(OC)c1. The molecule has 3 atom stereocenters. The smallest absolute Gasteiger partial charge is 0.251 e. The van der Waals surface area contributed by atoms with Crippen LogP contribution in [0.3, 0.4) is 0 Å². The Bertz CT molecular complexity index is 1010. The first-order chi connectivity index (χ1) is 17.7. The van der Waals surface area contributed by atoms with Crippen LogP contribution in [0.25, 0.3) is 0 Å². The summed E-state index contributed by atoms with van der Waals surface area (Å²) in [6.45, 7) is 7.06. The van der Waals surface area contributed by atoms with Crippen molar-refractivity contribution < 1.29 is 9.53 Å². The van der Waals surface area contributed by atoms with Gasteiger partial charge in [-0.1, -0.05) is 56.0 Å². The molecule has 1 amide bonds. The number of methoxy groups -OCH3 is 1. The highest BCUT2D eigenvalue weighted by atomic mass is 16.5. The lowest BCUT2D eigenvalue weighted by Gasteiger charge is -2.45. The highest BCUT2D eigenvalue weighted by Gasteiger charge is 2.44. The fourth-order valence-electron chi connectivity index (χ4n) is 6.63. The Labute approximate surface area is 216 Å². The van der Waals surface area contributed by atoms with Crippen molar-refractivity contribution in [1.82, 2.24) is 15.1 Å². The average molecular weight is 488 g/mol. The van der Waals surface area contributed by atoms with Crippen molar-refractivity contribution >= 4 is 5.91 Å². The lowest BCUT2D eigenvalue weighted by Crippen LogP contribution is -2.54. The van der Waals surface area contributed by atoms with Crippen molar-refractivity contribution in [3.63, 3.8) is 0 Å². The second-order valence-electron chi connectivity index (χ2n) is 10.8. The molecule has 1 N–H and O–H groups in total. The quantitative estimate of drug-likeness (QED) is 0.390. The van der Waals surface area contributed by atoms with Gasteiger partial charge < -0.3 is 10.1 Å². The number of nitrogens with one attached hydrogen (secondary N) is 1. The van der Waals surface area contributed by atoms with Crippen LogP contribution in [0.1, 0.15) is 78.9 Å². The molecule has 3 fully saturated rings. The van der Waals surface area contributed by atoms with Crippen molar-refractivity contribution in [2.45, 2.75) is 75.5 Å². The third-order valence-corrected chi connectivity index (χ3v) is 8.39. The number of nitrogens with zero attached hydrogens (tertiary/aromatic N) is 2. The van der Waals surface area contributed by atoms with Crippen molar-refractivity contribution in [2.75, 3.05) is 26.7 Å². The molecule has 0 radical (unpaired) electrons. The molecule has 2 heterocycles. The first-order valence-corrected chi connectivity index (χ1v) is 13.8. The summed E-state index contributed by atoms with van der Waals surface area (Å²) in [7, 11) is 1.73. The Hall–Kier alpha value is -2.63. The molecule has 1 aliphatic carbocycles. The van der Waals surface area contributed by atoms with Gasteiger partial charge in [0.15, 0.2) is 0 Å². The van der Waals surface area contributed by atoms with Crippen molar-refractivity contribution in [1.29, 1.82) is 0 Å². The number of benzene rings is 2. The lowest BCUT2D eigenvalue weighted by atomic mass is 9.93. The van der Waals surface area contributed by atoms with Gasteiger partial charge in [-0.15, -0.1) is 6.58 Å². The number of carbonyl (C=O) groups is 1. The van der Waals surface area contributed by atoms with Gasteiger partial charge in [0.05, 0.1) is 13.2 Å². The summed E-state index contributed by atoms with van der Waals surface area (Å²) in [4.78, 5) is 18.3. The van der Waals surface area contributed by atoms with Crippen LogP contribution in [0.2, 0.25) is 0 Å². The zero-order valence-electron chi connectivity index (χ0n) is 21.7. The van der Waals surface area contributed by atoms with Crippen LogP contribution in [0.4, 0.5) is 0 Å². The van der Waals surface area contributed by atoms with Crippen LogP contribution in [0.5, 0.6) is 5.75 Å². The van der Waals surface area contributed by atoms with E-state index in [0.29, 0.717) is 18.1 Å². The summed E-state index contributed by atoms with van der Waals surface area (Å²) in [5, 5.41) is 3.30. The summed E-state index contributed by atoms with van der Waals surface area (Å²) in [5.74, 6) is 0.944. The highest BCUT2D eigenvalue weighted by Crippen LogP contribution is 2.41. The number of carbonyl (C=O) groups excluding carboxylic acids is 1. The first-order valence-electron chi connectivity index (χ1n) is 13.8. The predicted molar refractivity (Wildman–Crippen MR) is 146 cm³/mol. The van der Waals surface area contributed by atoms with Crippen LogP contribution < -0.4 is 10.1 Å². The van der Waals surface area contributed by atoms with E-state index in [0.717, 1.165) is 43.8 Å². The van der Waals surface area contributed by atoms with Gasteiger partial charge in [-0.25, -0.2) is 0 Å². The summed E-state index contributed by atoms with van der Waals surface area (Å²) in [6.07, 6.45) is 11.7. The van der Waals surface area contributed by atoms with Gasteiger partial charge in [0.2, 0.25) is 0 Å². The molecule has 2 saturated heterocycles. The number of amides is 1. The molecule has 5 nitrogen and oxygen atoms in total. The number of likely N-dealkylation sites (tertiary alicyclic amines) is 1. The number of rotatable bonds is 8. The first kappa shape index (κ1) is 25.0. The Morgan fingerprint density at radius 3 is 2.33 bits per heavy atom. The topological polar surface area (TPSA) is 44.8 Å². The zero-order valence-corrected chi connectivity index (χ0v) is 21.7. The second-order valence-corrected chi connectivity index (χ2v) is 10.8. The molecule has 2 aromatic rings. The average Bonchev–Trinajstić information content (AvgIpc) is 3.07. The van der Waals surface area contributed by atoms with Gasteiger partial charge in [-0.2, -0.15) is 0 Å². The Morgan fingerprint density at radius 1 is 1.00 bits per heavy atom. The molecule has 2 bridgehead atoms. The van der Waals surface area contributed by atoms with E-state index in [-0.39, 0.29) is 11.9 Å². The molecule has 3 unspecified atom stereocenters. The maximum Gasteiger partial charge on any atom is 0.251 e. The van der Waals surface area contributed by atoms with E-state index in [1.165, 1.54) is 49.7 Å². The molecule has 0 aromatic heterocycles. The van der Waals surface area contributed by atoms with Crippen LogP contribution in [0.15, 0.2) is 61.2 Å². The number of ether oxygens (including phenoxy) is 1. The Kier molecular flexibility index (Phi) is 8.08. The minimum absolute atomic E-state index is 0.0597. The number of fused-ring (bicyclic) bond motifs is 2. The fourth-order valence-corrected chi connectivity index (χ4v) is 6.63. The van der Waals surface area contributed by atoms with Gasteiger partial charge in [0, 0.05) is 43.3 Å². The van der Waals surface area contributed by atoms with Gasteiger partial charge in [-0.05, 0) is 61.1 Å². The summed E-state index contributed by atoms with van der Waals surface area (Å²) in [5.41, 5.74) is 3.24. The largest absolute Gasteiger partial charge is 0.497 e. The second kappa shape index (κ2) is 11.6. The minimum Gasteiger partial charge on any atom is -0.497 e. The molecule has 3 aliphatic rings. The van der Waals surface area contributed by atoms with E-state index in [1.807, 2.05) is 24.3 Å². The number of hydrogen-bond acceptors (Lipinski definition) is 4. The van der Waals surface area contributed by atoms with Crippen LogP contribution >= 0.6 is 0 Å². The van der Waals surface area contributed by atoms with Crippen molar-refractivity contribution in [3.05, 3.63) is 77.9 Å². The molecule has 0 spiro atoms. The van der Waals surface area contributed by atoms with Crippen LogP contribution in [0, 0.1) is 0 Å². The Morgan fingerprint density at radius 2 is 1.69 bits per heavy atom. The summed E-state index contributed by atoms with van der Waals surface area (Å²) < 4.78 is 5.59. The molecule has 192 valence electrons. The van der Waals surface area contributed by atoms with E-state index in [4.69, 9.17) is 4.74 Å². The molecule has 1 saturated carbocycles. The zero-order chi connectivity index (χ0) is 24.9. The monoisotopic (exact) mass is 487 g/mol. The van der Waals surface area contributed by atoms with Gasteiger partial charge in [-0.3, -0.25) is 14.6 Å². The number of piperazine rings is 1. The molecular weight excluding hydrogens is 446 g/mol. The summed E-state index contributed by atoms with van der Waals surface area (Å²) >= 11 is 0. The summed E-state index contributed by atoms with van der Waals surface area (Å²) in [6, 6.07) is 18.3. The standard InChI is InChI=1S/C31H41N3O2/c1-3-19-33-21-27-17-18-28(22-33)34(27)30(25-9-8-12-29(20-25)36-2)23-13-15-24(16-14-23)31(35)32-26-10-6-4-5-7-11-26/h3,8-9,12-16,20,26-28,30H,1,4-7,10-11,17-19,21-22H2,2H3,(H,32,35). The van der Waals surface area contributed by atoms with E-state index in [2.05, 4.69) is 52.0 Å². The molecule has 2 aromatic carbocycles. The molecule has 2 aliphatic heterocycles. The van der Waals surface area contributed by atoms with E-state index in [9.17, 15) is 4.79 Å². The maximum atomic E-state index is 13.0. The lowest BCUT2D eigenvalue weighted by molar-refractivity contribution is 0.0499. The highest BCUT2D eigenvalue weighted by molar-refractivity contribution is 5.94. The van der Waals surface area contributed by atoms with Gasteiger partial charge >= 0.3 is 0 Å². The van der Waals surface area contributed by atoms with Crippen molar-refractivity contribution in [3.8, 4) is 5.75 Å². The van der Waals surface area contributed by atoms with E-state index in [1.54, 1.807) is 7.11 Å². The predicted octanol–water partition coefficient (Wildman–Crippen LogP) is 5.57. The third kappa shape index (κ3) is 5.52. The van der Waals surface area contributed by atoms with Crippen LogP contribution in [-0.2, 0) is 0 Å². The molecular formula is C31H41N3O2. The van der Waals surface area contributed by atoms with E-state index < -0.39 is 0 Å². The fraction of sp³-hybridized carbons (Fsp3) is 0.516. The number of hydrogen-bond donors (Lipinski definition) is 1. The minimum atomic E-state index is 0.0597. The molecule has 36 heavy (non-hydrogen) atoms. The van der Waals surface area contributed by atoms with Gasteiger partial charge in [0.25, 0.3) is 5.91 Å². The van der Waals surface area contributed by atoms with Crippen LogP contribution in [-0.4, -0.2) is 60.6 Å².